The van der Waals surface area contributed by atoms with Crippen LogP contribution in [-0.4, -0.2) is 18.6 Å². The first kappa shape index (κ1) is 13.3. The van der Waals surface area contributed by atoms with Gasteiger partial charge in [-0.1, -0.05) is 24.8 Å². The number of hydrogen-bond donors (Lipinski definition) is 2. The van der Waals surface area contributed by atoms with Crippen LogP contribution in [0.4, 0.5) is 0 Å². The molecule has 92 valence electrons. The van der Waals surface area contributed by atoms with Crippen molar-refractivity contribution >= 4 is 5.91 Å². The van der Waals surface area contributed by atoms with Crippen molar-refractivity contribution in [3.05, 3.63) is 42.5 Å². The van der Waals surface area contributed by atoms with Gasteiger partial charge in [-0.15, -0.1) is 0 Å². The van der Waals surface area contributed by atoms with Crippen molar-refractivity contribution in [2.24, 2.45) is 5.73 Å². The van der Waals surface area contributed by atoms with Gasteiger partial charge in [-0.25, -0.2) is 0 Å². The van der Waals surface area contributed by atoms with E-state index in [-0.39, 0.29) is 11.9 Å². The molecule has 0 spiro atoms. The van der Waals surface area contributed by atoms with Gasteiger partial charge in [0.05, 0.1) is 6.04 Å². The Hall–Kier alpha value is -1.81. The zero-order valence-corrected chi connectivity index (χ0v) is 9.98. The second-order valence-corrected chi connectivity index (χ2v) is 3.75. The topological polar surface area (TPSA) is 64.3 Å². The smallest absolute Gasteiger partial charge is 0.234 e. The van der Waals surface area contributed by atoms with E-state index in [9.17, 15) is 4.79 Å². The lowest BCUT2D eigenvalue weighted by Gasteiger charge is -2.10. The van der Waals surface area contributed by atoms with Gasteiger partial charge in [-0.05, 0) is 24.6 Å². The maximum Gasteiger partial charge on any atom is 0.234 e. The summed E-state index contributed by atoms with van der Waals surface area (Å²) in [6, 6.07) is 7.33. The number of hydrogen-bond acceptors (Lipinski definition) is 3. The number of nitrogens with one attached hydrogen (secondary N) is 1. The Morgan fingerprint density at radius 3 is 2.71 bits per heavy atom. The maximum absolute atomic E-state index is 10.8. The van der Waals surface area contributed by atoms with Crippen LogP contribution >= 0.6 is 0 Å². The number of nitrogens with two attached hydrogens (primary N) is 1. The number of amides is 1. The molecule has 0 aliphatic carbocycles. The first-order valence-electron chi connectivity index (χ1n) is 5.49. The normalized spacial score (nSPS) is 11.8. The summed E-state index contributed by atoms with van der Waals surface area (Å²) in [4.78, 5) is 10.8. The molecule has 1 aromatic rings. The Kier molecular flexibility index (Phi) is 5.23. The standard InChI is InChI=1S/C13H18N2O2/c1-3-8-17-12-6-4-11(5-7-12)9-15-10(2)13(14)16/h3-7,10,15H,1,8-9H2,2H3,(H2,14,16). The molecule has 1 amide bonds. The van der Waals surface area contributed by atoms with Gasteiger partial charge in [-0.2, -0.15) is 0 Å². The molecule has 1 atom stereocenters. The summed E-state index contributed by atoms with van der Waals surface area (Å²) >= 11 is 0. The monoisotopic (exact) mass is 234 g/mol. The van der Waals surface area contributed by atoms with Crippen molar-refractivity contribution in [2.45, 2.75) is 19.5 Å². The lowest BCUT2D eigenvalue weighted by atomic mass is 10.2. The van der Waals surface area contributed by atoms with Crippen LogP contribution in [0.25, 0.3) is 0 Å². The van der Waals surface area contributed by atoms with E-state index in [1.807, 2.05) is 24.3 Å². The third kappa shape index (κ3) is 4.70. The molecule has 0 aliphatic rings. The number of primary amides is 1. The molecule has 0 fully saturated rings. The molecule has 3 N–H and O–H groups in total. The molecule has 1 aromatic carbocycles. The average molecular weight is 234 g/mol. The minimum atomic E-state index is -0.351. The van der Waals surface area contributed by atoms with E-state index in [1.165, 1.54) is 0 Å². The van der Waals surface area contributed by atoms with E-state index in [1.54, 1.807) is 13.0 Å². The Balaban J connectivity index is 2.45. The van der Waals surface area contributed by atoms with Crippen LogP contribution in [0.5, 0.6) is 5.75 Å². The van der Waals surface area contributed by atoms with Crippen LogP contribution in [0.15, 0.2) is 36.9 Å². The second kappa shape index (κ2) is 6.70. The van der Waals surface area contributed by atoms with Gasteiger partial charge in [0.2, 0.25) is 5.91 Å². The summed E-state index contributed by atoms with van der Waals surface area (Å²) in [7, 11) is 0. The van der Waals surface area contributed by atoms with E-state index in [0.717, 1.165) is 11.3 Å². The SMILES string of the molecule is C=CCOc1ccc(CNC(C)C(N)=O)cc1. The highest BCUT2D eigenvalue weighted by molar-refractivity contribution is 5.79. The minimum Gasteiger partial charge on any atom is -0.490 e. The zero-order valence-electron chi connectivity index (χ0n) is 9.98. The van der Waals surface area contributed by atoms with Crippen LogP contribution in [0.2, 0.25) is 0 Å². The highest BCUT2D eigenvalue weighted by Gasteiger charge is 2.06. The summed E-state index contributed by atoms with van der Waals surface area (Å²) in [6.45, 7) is 6.42. The van der Waals surface area contributed by atoms with E-state index < -0.39 is 0 Å². The van der Waals surface area contributed by atoms with Crippen molar-refractivity contribution in [3.63, 3.8) is 0 Å². The molecular formula is C13H18N2O2. The highest BCUT2D eigenvalue weighted by Crippen LogP contribution is 2.12. The fourth-order valence-electron chi connectivity index (χ4n) is 1.23. The molecule has 0 aliphatic heterocycles. The van der Waals surface area contributed by atoms with Crippen LogP contribution in [-0.2, 0) is 11.3 Å². The predicted molar refractivity (Wildman–Crippen MR) is 67.6 cm³/mol. The number of carbonyl (C=O) groups excluding carboxylic acids is 1. The first-order chi connectivity index (χ1) is 8.13. The Labute approximate surface area is 101 Å². The third-order valence-corrected chi connectivity index (χ3v) is 2.33. The Morgan fingerprint density at radius 1 is 1.53 bits per heavy atom. The molecule has 0 heterocycles. The summed E-state index contributed by atoms with van der Waals surface area (Å²) in [5.41, 5.74) is 6.22. The summed E-state index contributed by atoms with van der Waals surface area (Å²) in [6.07, 6.45) is 1.70. The van der Waals surface area contributed by atoms with Crippen molar-refractivity contribution < 1.29 is 9.53 Å². The van der Waals surface area contributed by atoms with Crippen molar-refractivity contribution in [1.82, 2.24) is 5.32 Å². The van der Waals surface area contributed by atoms with Crippen molar-refractivity contribution in [3.8, 4) is 5.75 Å². The molecule has 1 rings (SSSR count). The maximum atomic E-state index is 10.8. The molecule has 0 bridgehead atoms. The van der Waals surface area contributed by atoms with Crippen LogP contribution < -0.4 is 15.8 Å². The largest absolute Gasteiger partial charge is 0.490 e. The summed E-state index contributed by atoms with van der Waals surface area (Å²) in [5.74, 6) is 0.451. The number of ether oxygens (including phenoxy) is 1. The Morgan fingerprint density at radius 2 is 2.18 bits per heavy atom. The molecule has 0 aromatic heterocycles. The molecule has 4 nitrogen and oxygen atoms in total. The highest BCUT2D eigenvalue weighted by atomic mass is 16.5. The van der Waals surface area contributed by atoms with Gasteiger partial charge >= 0.3 is 0 Å². The van der Waals surface area contributed by atoms with E-state index >= 15 is 0 Å². The van der Waals surface area contributed by atoms with Crippen LogP contribution in [0.1, 0.15) is 12.5 Å². The Bertz CT molecular complexity index is 374. The van der Waals surface area contributed by atoms with Gasteiger partial charge in [0.1, 0.15) is 12.4 Å². The number of rotatable bonds is 7. The molecule has 0 saturated heterocycles. The first-order valence-corrected chi connectivity index (χ1v) is 5.49. The van der Waals surface area contributed by atoms with E-state index in [4.69, 9.17) is 10.5 Å². The van der Waals surface area contributed by atoms with Gasteiger partial charge < -0.3 is 15.8 Å². The fraction of sp³-hybridized carbons (Fsp3) is 0.308. The van der Waals surface area contributed by atoms with Gasteiger partial charge in [0.15, 0.2) is 0 Å². The van der Waals surface area contributed by atoms with Crippen LogP contribution in [0, 0.1) is 0 Å². The van der Waals surface area contributed by atoms with Gasteiger partial charge in [-0.3, -0.25) is 4.79 Å². The fourth-order valence-corrected chi connectivity index (χ4v) is 1.23. The molecule has 1 unspecified atom stereocenters. The van der Waals surface area contributed by atoms with Crippen LogP contribution in [0.3, 0.4) is 0 Å². The van der Waals surface area contributed by atoms with Gasteiger partial charge in [0, 0.05) is 6.54 Å². The van der Waals surface area contributed by atoms with Gasteiger partial charge in [0.25, 0.3) is 0 Å². The molecule has 17 heavy (non-hydrogen) atoms. The van der Waals surface area contributed by atoms with E-state index in [0.29, 0.717) is 13.2 Å². The predicted octanol–water partition coefficient (Wildman–Crippen LogP) is 1.21. The summed E-state index contributed by atoms with van der Waals surface area (Å²) in [5, 5.41) is 3.03. The number of benzene rings is 1. The molecule has 4 heteroatoms. The minimum absolute atomic E-state index is 0.327. The lowest BCUT2D eigenvalue weighted by Crippen LogP contribution is -2.38. The zero-order chi connectivity index (χ0) is 12.7. The molecular weight excluding hydrogens is 216 g/mol. The second-order valence-electron chi connectivity index (χ2n) is 3.75. The van der Waals surface area contributed by atoms with Crippen molar-refractivity contribution in [1.29, 1.82) is 0 Å². The molecule has 0 radical (unpaired) electrons. The third-order valence-electron chi connectivity index (χ3n) is 2.33. The quantitative estimate of drug-likeness (QED) is 0.697. The number of carbonyl (C=O) groups is 1. The van der Waals surface area contributed by atoms with E-state index in [2.05, 4.69) is 11.9 Å². The summed E-state index contributed by atoms with van der Waals surface area (Å²) < 4.78 is 5.36. The average Bonchev–Trinajstić information content (AvgIpc) is 2.34. The lowest BCUT2D eigenvalue weighted by molar-refractivity contribution is -0.119. The molecule has 0 saturated carbocycles. The van der Waals surface area contributed by atoms with Crippen molar-refractivity contribution in [2.75, 3.05) is 6.61 Å².